The molecule has 1 aliphatic heterocycles. The van der Waals surface area contributed by atoms with Crippen LogP contribution in [0.2, 0.25) is 0 Å². The molecule has 248 valence electrons. The SMILES string of the molecule is CC(C)(C)OC(=O)NC(CSCCC(=O)N1CCCC(n2nc(-c3ccc(Oc4ccccc4)cc3)c3c(N)ncnc32)C1)C(=O)O. The molecule has 3 heterocycles. The number of para-hydroxylation sites is 1. The molecule has 5 rings (SSSR count). The lowest BCUT2D eigenvalue weighted by atomic mass is 10.1. The maximum Gasteiger partial charge on any atom is 0.408 e. The molecule has 47 heavy (non-hydrogen) atoms. The number of anilines is 1. The van der Waals surface area contributed by atoms with Crippen molar-refractivity contribution < 1.29 is 29.0 Å². The number of aromatic nitrogens is 4. The van der Waals surface area contributed by atoms with Crippen LogP contribution in [0.25, 0.3) is 22.3 Å². The van der Waals surface area contributed by atoms with Crippen LogP contribution in [0.15, 0.2) is 60.9 Å². The molecule has 4 N–H and O–H groups in total. The number of nitrogens with zero attached hydrogens (tertiary/aromatic N) is 5. The lowest BCUT2D eigenvalue weighted by Gasteiger charge is -2.33. The first-order valence-electron chi connectivity index (χ1n) is 15.4. The van der Waals surface area contributed by atoms with Gasteiger partial charge in [0.15, 0.2) is 5.65 Å². The molecule has 14 heteroatoms. The Kier molecular flexibility index (Phi) is 10.5. The van der Waals surface area contributed by atoms with Gasteiger partial charge in [-0.3, -0.25) is 4.79 Å². The van der Waals surface area contributed by atoms with Crippen molar-refractivity contribution in [1.82, 2.24) is 30.0 Å². The van der Waals surface area contributed by atoms with Crippen molar-refractivity contribution in [1.29, 1.82) is 0 Å². The predicted octanol–water partition coefficient (Wildman–Crippen LogP) is 5.13. The highest BCUT2D eigenvalue weighted by Gasteiger charge is 2.29. The van der Waals surface area contributed by atoms with Crippen LogP contribution in [0, 0.1) is 0 Å². The number of amides is 2. The molecule has 2 aromatic heterocycles. The number of carboxylic acids is 1. The first-order chi connectivity index (χ1) is 22.5. The number of thioether (sulfide) groups is 1. The zero-order chi connectivity index (χ0) is 33.6. The molecular weight excluding hydrogens is 622 g/mol. The number of aliphatic carboxylic acids is 1. The molecule has 0 saturated carbocycles. The van der Waals surface area contributed by atoms with E-state index in [-0.39, 0.29) is 24.1 Å². The van der Waals surface area contributed by atoms with Crippen molar-refractivity contribution in [2.75, 3.05) is 30.3 Å². The fraction of sp³-hybridized carbons (Fsp3) is 0.394. The fourth-order valence-electron chi connectivity index (χ4n) is 5.28. The van der Waals surface area contributed by atoms with Gasteiger partial charge in [-0.05, 0) is 70.0 Å². The van der Waals surface area contributed by atoms with Gasteiger partial charge in [-0.25, -0.2) is 24.2 Å². The zero-order valence-electron chi connectivity index (χ0n) is 26.6. The second-order valence-corrected chi connectivity index (χ2v) is 13.3. The van der Waals surface area contributed by atoms with Crippen LogP contribution >= 0.6 is 11.8 Å². The van der Waals surface area contributed by atoms with Crippen LogP contribution < -0.4 is 15.8 Å². The summed E-state index contributed by atoms with van der Waals surface area (Å²) in [6.45, 7) is 6.17. The number of nitrogens with one attached hydrogen (secondary N) is 1. The number of fused-ring (bicyclic) bond motifs is 1. The molecule has 1 aliphatic rings. The molecule has 2 unspecified atom stereocenters. The minimum Gasteiger partial charge on any atom is -0.480 e. The minimum absolute atomic E-state index is 0.0333. The van der Waals surface area contributed by atoms with Crippen molar-refractivity contribution in [2.45, 2.75) is 57.7 Å². The number of hydrogen-bond acceptors (Lipinski definition) is 10. The lowest BCUT2D eigenvalue weighted by molar-refractivity contribution is -0.138. The maximum atomic E-state index is 13.2. The number of carbonyl (C=O) groups excluding carboxylic acids is 2. The predicted molar refractivity (Wildman–Crippen MR) is 179 cm³/mol. The number of carboxylic acid groups (broad SMARTS) is 1. The van der Waals surface area contributed by atoms with Gasteiger partial charge in [-0.1, -0.05) is 18.2 Å². The number of nitrogens with two attached hydrogens (primary N) is 1. The average Bonchev–Trinajstić information content (AvgIpc) is 3.43. The Bertz CT molecular complexity index is 1710. The maximum absolute atomic E-state index is 13.2. The molecule has 13 nitrogen and oxygen atoms in total. The zero-order valence-corrected chi connectivity index (χ0v) is 27.4. The Hall–Kier alpha value is -4.85. The molecule has 2 aromatic carbocycles. The summed E-state index contributed by atoms with van der Waals surface area (Å²) in [7, 11) is 0. The van der Waals surface area contributed by atoms with Gasteiger partial charge >= 0.3 is 12.1 Å². The van der Waals surface area contributed by atoms with Crippen molar-refractivity contribution in [2.24, 2.45) is 0 Å². The first kappa shape index (κ1) is 33.5. The fourth-order valence-corrected chi connectivity index (χ4v) is 6.23. The summed E-state index contributed by atoms with van der Waals surface area (Å²) in [5.41, 5.74) is 7.68. The summed E-state index contributed by atoms with van der Waals surface area (Å²) in [4.78, 5) is 47.5. The molecule has 0 radical (unpaired) electrons. The largest absolute Gasteiger partial charge is 0.480 e. The second kappa shape index (κ2) is 14.7. The number of rotatable bonds is 11. The Morgan fingerprint density at radius 1 is 1.09 bits per heavy atom. The van der Waals surface area contributed by atoms with Crippen molar-refractivity contribution in [3.63, 3.8) is 0 Å². The molecular formula is C33H39N7O6S. The van der Waals surface area contributed by atoms with Crippen LogP contribution in [-0.4, -0.2) is 84.0 Å². The monoisotopic (exact) mass is 661 g/mol. The molecule has 0 aliphatic carbocycles. The standard InChI is InChI=1S/C33H39N7O6S/c1-33(2,3)46-32(44)37-25(31(42)43)19-47-17-15-26(41)39-16-7-8-22(18-39)40-30-27(29(34)35-20-36-30)28(38-40)21-11-13-24(14-12-21)45-23-9-5-4-6-10-23/h4-6,9-14,20,22,25H,7-8,15-19H2,1-3H3,(H,37,44)(H,42,43)(H2,34,35,36). The van der Waals surface area contributed by atoms with Crippen molar-refractivity contribution >= 4 is 46.6 Å². The van der Waals surface area contributed by atoms with Gasteiger partial charge in [-0.2, -0.15) is 16.9 Å². The lowest BCUT2D eigenvalue weighted by Crippen LogP contribution is -2.45. The van der Waals surface area contributed by atoms with E-state index < -0.39 is 23.7 Å². The Labute approximate surface area is 276 Å². The Morgan fingerprint density at radius 3 is 2.51 bits per heavy atom. The van der Waals surface area contributed by atoms with Crippen LogP contribution in [0.5, 0.6) is 11.5 Å². The summed E-state index contributed by atoms with van der Waals surface area (Å²) in [5, 5.41) is 17.5. The molecule has 4 aromatic rings. The van der Waals surface area contributed by atoms with E-state index in [0.29, 0.717) is 47.1 Å². The normalized spacial score (nSPS) is 15.6. The number of ether oxygens (including phenoxy) is 2. The van der Waals surface area contributed by atoms with Gasteiger partial charge in [0.25, 0.3) is 0 Å². The van der Waals surface area contributed by atoms with Crippen LogP contribution in [0.3, 0.4) is 0 Å². The number of likely N-dealkylation sites (tertiary alicyclic amines) is 1. The van der Waals surface area contributed by atoms with Gasteiger partial charge in [0.05, 0.1) is 11.4 Å². The highest BCUT2D eigenvalue weighted by molar-refractivity contribution is 7.99. The van der Waals surface area contributed by atoms with Crippen LogP contribution in [-0.2, 0) is 14.3 Å². The van der Waals surface area contributed by atoms with E-state index in [0.717, 1.165) is 24.2 Å². The number of piperidine rings is 1. The smallest absolute Gasteiger partial charge is 0.408 e. The average molecular weight is 662 g/mol. The third kappa shape index (κ3) is 8.70. The van der Waals surface area contributed by atoms with E-state index in [1.165, 1.54) is 18.1 Å². The third-order valence-electron chi connectivity index (χ3n) is 7.45. The summed E-state index contributed by atoms with van der Waals surface area (Å²) >= 11 is 1.29. The molecule has 2 amide bonds. The van der Waals surface area contributed by atoms with Crippen molar-refractivity contribution in [3.05, 3.63) is 60.9 Å². The summed E-state index contributed by atoms with van der Waals surface area (Å²) in [6, 6.07) is 15.9. The molecule has 2 atom stereocenters. The van der Waals surface area contributed by atoms with Gasteiger partial charge in [-0.15, -0.1) is 0 Å². The van der Waals surface area contributed by atoms with E-state index >= 15 is 0 Å². The molecule has 1 saturated heterocycles. The van der Waals surface area contributed by atoms with Gasteiger partial charge in [0.2, 0.25) is 5.91 Å². The van der Waals surface area contributed by atoms with E-state index in [2.05, 4.69) is 15.3 Å². The highest BCUT2D eigenvalue weighted by atomic mass is 32.2. The van der Waals surface area contributed by atoms with Crippen molar-refractivity contribution in [3.8, 4) is 22.8 Å². The van der Waals surface area contributed by atoms with Gasteiger partial charge in [0.1, 0.15) is 41.0 Å². The van der Waals surface area contributed by atoms with E-state index in [9.17, 15) is 19.5 Å². The van der Waals surface area contributed by atoms with Crippen LogP contribution in [0.4, 0.5) is 10.6 Å². The van der Waals surface area contributed by atoms with E-state index in [1.54, 1.807) is 20.8 Å². The van der Waals surface area contributed by atoms with Crippen LogP contribution in [0.1, 0.15) is 46.1 Å². The van der Waals surface area contributed by atoms with Gasteiger partial charge in [0, 0.05) is 36.6 Å². The quantitative estimate of drug-likeness (QED) is 0.182. The van der Waals surface area contributed by atoms with E-state index in [4.69, 9.17) is 20.3 Å². The number of nitrogen functional groups attached to an aromatic ring is 1. The number of hydrogen-bond donors (Lipinski definition) is 3. The second-order valence-electron chi connectivity index (χ2n) is 12.2. The van der Waals surface area contributed by atoms with E-state index in [1.807, 2.05) is 64.2 Å². The number of alkyl carbamates (subject to hydrolysis) is 1. The Balaban J connectivity index is 1.22. The van der Waals surface area contributed by atoms with Gasteiger partial charge < -0.3 is 30.5 Å². The molecule has 0 spiro atoms. The minimum atomic E-state index is -1.17. The highest BCUT2D eigenvalue weighted by Crippen LogP contribution is 2.35. The summed E-state index contributed by atoms with van der Waals surface area (Å²) in [6.07, 6.45) is 2.44. The Morgan fingerprint density at radius 2 is 1.81 bits per heavy atom. The number of benzene rings is 2. The molecule has 0 bridgehead atoms. The third-order valence-corrected chi connectivity index (χ3v) is 8.52. The summed E-state index contributed by atoms with van der Waals surface area (Å²) < 4.78 is 13.0. The topological polar surface area (TPSA) is 175 Å². The molecule has 1 fully saturated rings. The summed E-state index contributed by atoms with van der Waals surface area (Å²) in [5.74, 6) is 1.05. The number of carbonyl (C=O) groups is 3. The first-order valence-corrected chi connectivity index (χ1v) is 16.5.